The summed E-state index contributed by atoms with van der Waals surface area (Å²) in [6.45, 7) is 16.0. The second-order valence-electron chi connectivity index (χ2n) is 6.10. The average Bonchev–Trinajstić information content (AvgIpc) is 2.27. The van der Waals surface area contributed by atoms with Gasteiger partial charge in [0.1, 0.15) is 0 Å². The first-order valence-corrected chi connectivity index (χ1v) is 8.43. The first-order chi connectivity index (χ1) is 8.68. The first kappa shape index (κ1) is 22.4. The van der Waals surface area contributed by atoms with Crippen molar-refractivity contribution in [2.45, 2.75) is 59.3 Å². The Bertz CT molecular complexity index is 314. The van der Waals surface area contributed by atoms with Gasteiger partial charge < -0.3 is 10.6 Å². The molecule has 0 amide bonds. The number of guanidine groups is 1. The fourth-order valence-corrected chi connectivity index (χ4v) is 2.12. The van der Waals surface area contributed by atoms with Crippen LogP contribution >= 0.6 is 24.0 Å². The molecule has 20 heavy (non-hydrogen) atoms. The van der Waals surface area contributed by atoms with E-state index in [9.17, 15) is 4.21 Å². The third kappa shape index (κ3) is 9.96. The summed E-state index contributed by atoms with van der Waals surface area (Å²) in [4.78, 5) is 4.49. The van der Waals surface area contributed by atoms with Crippen LogP contribution in [0.15, 0.2) is 4.99 Å². The molecule has 0 spiro atoms. The van der Waals surface area contributed by atoms with Gasteiger partial charge in [0, 0.05) is 33.9 Å². The molecule has 0 aromatic heterocycles. The van der Waals surface area contributed by atoms with Crippen LogP contribution in [-0.4, -0.2) is 39.8 Å². The van der Waals surface area contributed by atoms with Crippen molar-refractivity contribution in [3.05, 3.63) is 0 Å². The molecule has 0 saturated heterocycles. The van der Waals surface area contributed by atoms with E-state index in [-0.39, 0.29) is 28.7 Å². The molecule has 2 atom stereocenters. The Labute approximate surface area is 144 Å². The zero-order valence-electron chi connectivity index (χ0n) is 13.9. The Kier molecular flexibility index (Phi) is 12.1. The fraction of sp³-hybridized carbons (Fsp3) is 0.929. The van der Waals surface area contributed by atoms with Crippen molar-refractivity contribution < 1.29 is 4.21 Å². The summed E-state index contributed by atoms with van der Waals surface area (Å²) >= 11 is 0. The van der Waals surface area contributed by atoms with Gasteiger partial charge in [-0.1, -0.05) is 13.8 Å². The molecule has 0 heterocycles. The lowest BCUT2D eigenvalue weighted by Crippen LogP contribution is -2.44. The van der Waals surface area contributed by atoms with E-state index in [4.69, 9.17) is 0 Å². The van der Waals surface area contributed by atoms with Gasteiger partial charge in [0.15, 0.2) is 5.96 Å². The van der Waals surface area contributed by atoms with Crippen LogP contribution < -0.4 is 10.6 Å². The molecule has 0 aliphatic rings. The average molecular weight is 417 g/mol. The third-order valence-electron chi connectivity index (χ3n) is 2.94. The molecule has 0 bridgehead atoms. The molecular weight excluding hydrogens is 385 g/mol. The number of halogens is 1. The van der Waals surface area contributed by atoms with Gasteiger partial charge in [-0.25, -0.2) is 0 Å². The Hall–Kier alpha value is 0.150. The Morgan fingerprint density at radius 3 is 2.20 bits per heavy atom. The van der Waals surface area contributed by atoms with Crippen LogP contribution in [0.25, 0.3) is 0 Å². The highest BCUT2D eigenvalue weighted by Crippen LogP contribution is 2.10. The number of nitrogens with zero attached hydrogens (tertiary/aromatic N) is 1. The summed E-state index contributed by atoms with van der Waals surface area (Å²) in [5.41, 5.74) is 0. The molecule has 122 valence electrons. The molecule has 4 nitrogen and oxygen atoms in total. The van der Waals surface area contributed by atoms with Crippen molar-refractivity contribution in [1.82, 2.24) is 10.6 Å². The fourth-order valence-electron chi connectivity index (χ4n) is 1.25. The SMILES string of the molecule is CCNC(=NCCS(=O)C(C)(C)C)NC(C)C(C)C.I. The van der Waals surface area contributed by atoms with Crippen LogP contribution in [0, 0.1) is 5.92 Å². The van der Waals surface area contributed by atoms with Crippen molar-refractivity contribution >= 4 is 40.7 Å². The normalized spacial score (nSPS) is 15.5. The maximum atomic E-state index is 11.9. The van der Waals surface area contributed by atoms with Gasteiger partial charge in [-0.15, -0.1) is 24.0 Å². The van der Waals surface area contributed by atoms with E-state index in [1.165, 1.54) is 0 Å². The lowest BCUT2D eigenvalue weighted by atomic mass is 10.1. The van der Waals surface area contributed by atoms with Crippen LogP contribution in [0.3, 0.4) is 0 Å². The number of hydrogen-bond donors (Lipinski definition) is 2. The van der Waals surface area contributed by atoms with E-state index in [1.807, 2.05) is 27.7 Å². The second-order valence-corrected chi connectivity index (χ2v) is 8.42. The minimum atomic E-state index is -0.842. The molecule has 0 aromatic carbocycles. The number of rotatable bonds is 6. The summed E-state index contributed by atoms with van der Waals surface area (Å²) in [7, 11) is -0.842. The summed E-state index contributed by atoms with van der Waals surface area (Å²) in [5, 5.41) is 6.59. The smallest absolute Gasteiger partial charge is 0.191 e. The van der Waals surface area contributed by atoms with Crippen molar-refractivity contribution in [2.24, 2.45) is 10.9 Å². The molecule has 0 radical (unpaired) electrons. The van der Waals surface area contributed by atoms with E-state index >= 15 is 0 Å². The maximum Gasteiger partial charge on any atom is 0.191 e. The van der Waals surface area contributed by atoms with Crippen LogP contribution in [0.5, 0.6) is 0 Å². The summed E-state index contributed by atoms with van der Waals surface area (Å²) < 4.78 is 11.8. The molecule has 0 fully saturated rings. The molecule has 0 aromatic rings. The van der Waals surface area contributed by atoms with Gasteiger partial charge in [0.2, 0.25) is 0 Å². The molecule has 0 saturated carbocycles. The number of aliphatic imine (C=N–C) groups is 1. The molecule has 2 N–H and O–H groups in total. The number of nitrogens with one attached hydrogen (secondary N) is 2. The highest BCUT2D eigenvalue weighted by Gasteiger charge is 2.18. The molecule has 2 unspecified atom stereocenters. The predicted octanol–water partition coefficient (Wildman–Crippen LogP) is 2.75. The molecule has 6 heteroatoms. The molecule has 0 aliphatic carbocycles. The molecule has 0 rings (SSSR count). The van der Waals surface area contributed by atoms with Gasteiger partial charge in [0.05, 0.1) is 6.54 Å². The second kappa shape index (κ2) is 10.8. The van der Waals surface area contributed by atoms with Crippen LogP contribution in [0.4, 0.5) is 0 Å². The lowest BCUT2D eigenvalue weighted by Gasteiger charge is -2.21. The zero-order chi connectivity index (χ0) is 15.1. The predicted molar refractivity (Wildman–Crippen MR) is 102 cm³/mol. The third-order valence-corrected chi connectivity index (χ3v) is 4.86. The first-order valence-electron chi connectivity index (χ1n) is 7.11. The van der Waals surface area contributed by atoms with Crippen LogP contribution in [-0.2, 0) is 10.8 Å². The molecular formula is C14H32IN3OS. The number of hydrogen-bond acceptors (Lipinski definition) is 2. The van der Waals surface area contributed by atoms with Gasteiger partial charge in [-0.2, -0.15) is 0 Å². The van der Waals surface area contributed by atoms with Gasteiger partial charge in [-0.05, 0) is 40.5 Å². The van der Waals surface area contributed by atoms with Crippen molar-refractivity contribution in [1.29, 1.82) is 0 Å². The Morgan fingerprint density at radius 2 is 1.80 bits per heavy atom. The molecule has 0 aliphatic heterocycles. The maximum absolute atomic E-state index is 11.9. The van der Waals surface area contributed by atoms with E-state index in [0.717, 1.165) is 12.5 Å². The minimum Gasteiger partial charge on any atom is -0.357 e. The van der Waals surface area contributed by atoms with E-state index < -0.39 is 10.8 Å². The van der Waals surface area contributed by atoms with E-state index in [1.54, 1.807) is 0 Å². The zero-order valence-corrected chi connectivity index (χ0v) is 17.1. The Balaban J connectivity index is 0. The van der Waals surface area contributed by atoms with Crippen LogP contribution in [0.1, 0.15) is 48.5 Å². The topological polar surface area (TPSA) is 53.5 Å². The largest absolute Gasteiger partial charge is 0.357 e. The highest BCUT2D eigenvalue weighted by atomic mass is 127. The standard InChI is InChI=1S/C14H31N3OS.HI/c1-8-15-13(17-12(4)11(2)3)16-9-10-19(18)14(5,6)7;/h11-12H,8-10H2,1-7H3,(H2,15,16,17);1H. The Morgan fingerprint density at radius 1 is 1.25 bits per heavy atom. The monoisotopic (exact) mass is 417 g/mol. The summed E-state index contributed by atoms with van der Waals surface area (Å²) in [5.74, 6) is 1.97. The van der Waals surface area contributed by atoms with Gasteiger partial charge in [0.25, 0.3) is 0 Å². The van der Waals surface area contributed by atoms with E-state index in [0.29, 0.717) is 24.3 Å². The highest BCUT2D eigenvalue weighted by molar-refractivity contribution is 14.0. The van der Waals surface area contributed by atoms with E-state index in [2.05, 4.69) is 36.4 Å². The van der Waals surface area contributed by atoms with Crippen LogP contribution in [0.2, 0.25) is 0 Å². The van der Waals surface area contributed by atoms with Crippen molar-refractivity contribution in [3.63, 3.8) is 0 Å². The summed E-state index contributed by atoms with van der Waals surface area (Å²) in [6.07, 6.45) is 0. The van der Waals surface area contributed by atoms with Crippen molar-refractivity contribution in [2.75, 3.05) is 18.8 Å². The van der Waals surface area contributed by atoms with Gasteiger partial charge >= 0.3 is 0 Å². The van der Waals surface area contributed by atoms with Crippen molar-refractivity contribution in [3.8, 4) is 0 Å². The van der Waals surface area contributed by atoms with Gasteiger partial charge in [-0.3, -0.25) is 9.20 Å². The minimum absolute atomic E-state index is 0. The summed E-state index contributed by atoms with van der Waals surface area (Å²) in [6, 6.07) is 0.367. The quantitative estimate of drug-likeness (QED) is 0.397. The lowest BCUT2D eigenvalue weighted by molar-refractivity contribution is 0.481.